The Morgan fingerprint density at radius 2 is 2.12 bits per heavy atom. The van der Waals surface area contributed by atoms with Crippen LogP contribution in [0, 0.1) is 11.6 Å². The molecule has 1 aromatic carbocycles. The fourth-order valence-corrected chi connectivity index (χ4v) is 2.07. The predicted octanol–water partition coefficient (Wildman–Crippen LogP) is 3.53. The van der Waals surface area contributed by atoms with Crippen molar-refractivity contribution in [3.05, 3.63) is 54.0 Å². The molecule has 2 aromatic rings. The number of furan rings is 1. The molecule has 0 aliphatic carbocycles. The van der Waals surface area contributed by atoms with Gasteiger partial charge in [-0.25, -0.2) is 8.78 Å². The highest BCUT2D eigenvalue weighted by atomic mass is 32.2. The van der Waals surface area contributed by atoms with E-state index in [1.165, 1.54) is 12.3 Å². The fraction of sp³-hybridized carbons (Fsp3) is 0.0833. The summed E-state index contributed by atoms with van der Waals surface area (Å²) in [5.74, 6) is -1.10. The second-order valence-corrected chi connectivity index (χ2v) is 4.28. The molecule has 0 amide bonds. The third-order valence-electron chi connectivity index (χ3n) is 2.05. The first-order valence-corrected chi connectivity index (χ1v) is 5.80. The van der Waals surface area contributed by atoms with Crippen LogP contribution in [-0.2, 0) is 0 Å². The van der Waals surface area contributed by atoms with Gasteiger partial charge in [0.25, 0.3) is 0 Å². The number of benzene rings is 1. The van der Waals surface area contributed by atoms with Crippen LogP contribution in [0.25, 0.3) is 0 Å². The zero-order valence-corrected chi connectivity index (χ0v) is 9.47. The zero-order chi connectivity index (χ0) is 12.3. The van der Waals surface area contributed by atoms with Crippen molar-refractivity contribution in [1.29, 1.82) is 0 Å². The summed E-state index contributed by atoms with van der Waals surface area (Å²) >= 11 is 0.943. The lowest BCUT2D eigenvalue weighted by Crippen LogP contribution is -2.00. The van der Waals surface area contributed by atoms with Gasteiger partial charge < -0.3 is 4.42 Å². The Morgan fingerprint density at radius 3 is 2.82 bits per heavy atom. The van der Waals surface area contributed by atoms with Gasteiger partial charge in [-0.1, -0.05) is 0 Å². The van der Waals surface area contributed by atoms with Gasteiger partial charge in [0.15, 0.2) is 5.76 Å². The largest absolute Gasteiger partial charge is 0.461 e. The molecule has 0 bridgehead atoms. The Hall–Kier alpha value is -1.62. The maximum absolute atomic E-state index is 13.2. The maximum atomic E-state index is 13.2. The van der Waals surface area contributed by atoms with Crippen LogP contribution < -0.4 is 0 Å². The van der Waals surface area contributed by atoms with Crippen LogP contribution in [0.4, 0.5) is 8.78 Å². The molecule has 5 heteroatoms. The number of halogens is 2. The van der Waals surface area contributed by atoms with Crippen LogP contribution in [0.1, 0.15) is 10.6 Å². The van der Waals surface area contributed by atoms with Crippen LogP contribution in [0.3, 0.4) is 0 Å². The molecule has 2 rings (SSSR count). The Morgan fingerprint density at radius 1 is 1.29 bits per heavy atom. The number of carbonyl (C=O) groups is 1. The highest BCUT2D eigenvalue weighted by Crippen LogP contribution is 2.23. The number of carbonyl (C=O) groups excluding carboxylic acids is 1. The van der Waals surface area contributed by atoms with Gasteiger partial charge >= 0.3 is 0 Å². The van der Waals surface area contributed by atoms with E-state index in [9.17, 15) is 13.6 Å². The van der Waals surface area contributed by atoms with Crippen molar-refractivity contribution >= 4 is 17.5 Å². The normalized spacial score (nSPS) is 10.5. The molecule has 1 aromatic heterocycles. The summed E-state index contributed by atoms with van der Waals surface area (Å²) in [4.78, 5) is 11.7. The zero-order valence-electron chi connectivity index (χ0n) is 8.65. The fourth-order valence-electron chi connectivity index (χ4n) is 1.24. The Labute approximate surface area is 101 Å². The smallest absolute Gasteiger partial charge is 0.208 e. The van der Waals surface area contributed by atoms with Crippen LogP contribution in [0.2, 0.25) is 0 Å². The Kier molecular flexibility index (Phi) is 3.58. The third kappa shape index (κ3) is 2.94. The van der Waals surface area contributed by atoms with E-state index < -0.39 is 11.6 Å². The number of hydrogen-bond acceptors (Lipinski definition) is 3. The second-order valence-electron chi connectivity index (χ2n) is 3.26. The minimum absolute atomic E-state index is 0.00782. The highest BCUT2D eigenvalue weighted by molar-refractivity contribution is 8.00. The number of hydrogen-bond donors (Lipinski definition) is 0. The summed E-state index contributed by atoms with van der Waals surface area (Å²) in [6, 6.07) is 6.27. The summed E-state index contributed by atoms with van der Waals surface area (Å²) in [5.41, 5.74) is 0. The molecular weight excluding hydrogens is 246 g/mol. The van der Waals surface area contributed by atoms with Crippen LogP contribution in [0.5, 0.6) is 0 Å². The van der Waals surface area contributed by atoms with Gasteiger partial charge in [0.2, 0.25) is 5.78 Å². The standard InChI is InChI=1S/C12H8F2O2S/c13-8-3-4-9(14)12(6-8)17-7-10(15)11-2-1-5-16-11/h1-6H,7H2. The van der Waals surface area contributed by atoms with Crippen molar-refractivity contribution < 1.29 is 18.0 Å². The number of thioether (sulfide) groups is 1. The van der Waals surface area contributed by atoms with Gasteiger partial charge in [-0.2, -0.15) is 0 Å². The Bertz CT molecular complexity index is 523. The summed E-state index contributed by atoms with van der Waals surface area (Å²) in [7, 11) is 0. The van der Waals surface area contributed by atoms with E-state index in [0.717, 1.165) is 30.0 Å². The molecule has 0 spiro atoms. The van der Waals surface area contributed by atoms with Gasteiger partial charge in [-0.3, -0.25) is 4.79 Å². The quantitative estimate of drug-likeness (QED) is 0.617. The topological polar surface area (TPSA) is 30.2 Å². The minimum atomic E-state index is -0.538. The van der Waals surface area contributed by atoms with Crippen molar-refractivity contribution in [2.24, 2.45) is 0 Å². The van der Waals surface area contributed by atoms with E-state index in [4.69, 9.17) is 4.42 Å². The molecule has 17 heavy (non-hydrogen) atoms. The lowest BCUT2D eigenvalue weighted by atomic mass is 10.3. The second kappa shape index (κ2) is 5.14. The van der Waals surface area contributed by atoms with E-state index >= 15 is 0 Å². The first-order valence-electron chi connectivity index (χ1n) is 4.81. The van der Waals surface area contributed by atoms with Gasteiger partial charge in [0.05, 0.1) is 12.0 Å². The highest BCUT2D eigenvalue weighted by Gasteiger charge is 2.11. The molecule has 0 radical (unpaired) electrons. The lowest BCUT2D eigenvalue weighted by Gasteiger charge is -2.01. The number of Topliss-reactive ketones (excluding diaryl/α,β-unsaturated/α-hetero) is 1. The van der Waals surface area contributed by atoms with Crippen LogP contribution in [-0.4, -0.2) is 11.5 Å². The predicted molar refractivity (Wildman–Crippen MR) is 60.1 cm³/mol. The van der Waals surface area contributed by atoms with Crippen molar-refractivity contribution in [3.63, 3.8) is 0 Å². The lowest BCUT2D eigenvalue weighted by molar-refractivity contribution is 0.0992. The number of rotatable bonds is 4. The van der Waals surface area contributed by atoms with Crippen LogP contribution >= 0.6 is 11.8 Å². The van der Waals surface area contributed by atoms with Gasteiger partial charge in [0.1, 0.15) is 11.6 Å². The molecule has 2 nitrogen and oxygen atoms in total. The van der Waals surface area contributed by atoms with Crippen molar-refractivity contribution in [2.75, 3.05) is 5.75 Å². The average molecular weight is 254 g/mol. The molecular formula is C12H8F2O2S. The number of ketones is 1. The van der Waals surface area contributed by atoms with Crippen molar-refractivity contribution in [2.45, 2.75) is 4.90 Å². The SMILES string of the molecule is O=C(CSc1cc(F)ccc1F)c1ccco1. The van der Waals surface area contributed by atoms with Gasteiger partial charge in [-0.15, -0.1) is 11.8 Å². The molecule has 0 aliphatic heterocycles. The first-order chi connectivity index (χ1) is 8.16. The van der Waals surface area contributed by atoms with Crippen LogP contribution in [0.15, 0.2) is 45.9 Å². The third-order valence-corrected chi connectivity index (χ3v) is 3.08. The van der Waals surface area contributed by atoms with Gasteiger partial charge in [-0.05, 0) is 30.3 Å². The maximum Gasteiger partial charge on any atom is 0.208 e. The van der Waals surface area contributed by atoms with E-state index in [0.29, 0.717) is 0 Å². The molecule has 0 aliphatic rings. The Balaban J connectivity index is 2.03. The molecule has 1 heterocycles. The monoisotopic (exact) mass is 254 g/mol. The van der Waals surface area contributed by atoms with E-state index in [2.05, 4.69) is 0 Å². The molecule has 0 saturated heterocycles. The van der Waals surface area contributed by atoms with Gasteiger partial charge in [0, 0.05) is 4.90 Å². The van der Waals surface area contributed by atoms with Crippen molar-refractivity contribution in [1.82, 2.24) is 0 Å². The molecule has 88 valence electrons. The summed E-state index contributed by atoms with van der Waals surface area (Å²) in [6.07, 6.45) is 1.39. The van der Waals surface area contributed by atoms with E-state index in [1.54, 1.807) is 6.07 Å². The molecule has 0 atom stereocenters. The summed E-state index contributed by atoms with van der Waals surface area (Å²) in [6.45, 7) is 0. The first kappa shape index (κ1) is 11.9. The van der Waals surface area contributed by atoms with E-state index in [-0.39, 0.29) is 22.2 Å². The minimum Gasteiger partial charge on any atom is -0.461 e. The van der Waals surface area contributed by atoms with E-state index in [1.807, 2.05) is 0 Å². The molecule has 0 saturated carbocycles. The molecule has 0 fully saturated rings. The summed E-state index contributed by atoms with van der Waals surface area (Å²) < 4.78 is 31.0. The average Bonchev–Trinajstić information content (AvgIpc) is 2.83. The molecule has 0 unspecified atom stereocenters. The van der Waals surface area contributed by atoms with Crippen molar-refractivity contribution in [3.8, 4) is 0 Å². The summed E-state index contributed by atoms with van der Waals surface area (Å²) in [5, 5.41) is 0. The molecule has 0 N–H and O–H groups in total.